The van der Waals surface area contributed by atoms with Crippen LogP contribution in [0.4, 0.5) is 4.39 Å². The smallest absolute Gasteiger partial charge is 0.123 e. The van der Waals surface area contributed by atoms with Gasteiger partial charge in [0.25, 0.3) is 0 Å². The van der Waals surface area contributed by atoms with Crippen LogP contribution in [0.1, 0.15) is 39.1 Å². The molecule has 0 saturated carbocycles. The van der Waals surface area contributed by atoms with Crippen LogP contribution in [0.2, 0.25) is 0 Å². The van der Waals surface area contributed by atoms with Crippen molar-refractivity contribution >= 4 is 22.9 Å². The van der Waals surface area contributed by atoms with Crippen molar-refractivity contribution in [2.24, 2.45) is 0 Å². The van der Waals surface area contributed by atoms with Crippen LogP contribution in [-0.2, 0) is 19.3 Å². The van der Waals surface area contributed by atoms with Gasteiger partial charge >= 0.3 is 0 Å². The van der Waals surface area contributed by atoms with E-state index in [4.69, 9.17) is 11.6 Å². The summed E-state index contributed by atoms with van der Waals surface area (Å²) < 4.78 is 12.9. The van der Waals surface area contributed by atoms with E-state index in [2.05, 4.69) is 6.07 Å². The van der Waals surface area contributed by atoms with Crippen molar-refractivity contribution in [1.29, 1.82) is 0 Å². The molecule has 3 heteroatoms. The number of thiophene rings is 1. The van der Waals surface area contributed by atoms with E-state index in [-0.39, 0.29) is 11.2 Å². The Labute approximate surface area is 122 Å². The lowest BCUT2D eigenvalue weighted by molar-refractivity contribution is 0.627. The second kappa shape index (κ2) is 5.64. The Morgan fingerprint density at radius 3 is 2.63 bits per heavy atom. The minimum Gasteiger partial charge on any atom is -0.207 e. The molecular weight excluding hydrogens is 279 g/mol. The van der Waals surface area contributed by atoms with E-state index in [1.807, 2.05) is 23.5 Å². The van der Waals surface area contributed by atoms with Gasteiger partial charge in [-0.15, -0.1) is 22.9 Å². The van der Waals surface area contributed by atoms with E-state index in [1.165, 1.54) is 53.1 Å². The zero-order valence-corrected chi connectivity index (χ0v) is 12.2. The fourth-order valence-electron chi connectivity index (χ4n) is 2.60. The molecule has 0 bridgehead atoms. The molecule has 1 aromatic carbocycles. The highest BCUT2D eigenvalue weighted by molar-refractivity contribution is 7.12. The number of aryl methyl sites for hydroxylation is 2. The molecule has 1 unspecified atom stereocenters. The number of benzene rings is 1. The Morgan fingerprint density at radius 1 is 1.16 bits per heavy atom. The summed E-state index contributed by atoms with van der Waals surface area (Å²) in [6, 6.07) is 8.91. The van der Waals surface area contributed by atoms with Crippen molar-refractivity contribution < 1.29 is 4.39 Å². The Kier molecular flexibility index (Phi) is 3.90. The van der Waals surface area contributed by atoms with Gasteiger partial charge in [0.05, 0.1) is 5.38 Å². The Balaban J connectivity index is 1.74. The topological polar surface area (TPSA) is 0 Å². The fraction of sp³-hybridized carbons (Fsp3) is 0.375. The molecule has 0 fully saturated rings. The molecular formula is C16H16ClFS. The van der Waals surface area contributed by atoms with E-state index in [9.17, 15) is 4.39 Å². The molecule has 3 rings (SSSR count). The number of alkyl halides is 1. The summed E-state index contributed by atoms with van der Waals surface area (Å²) in [4.78, 5) is 2.78. The van der Waals surface area contributed by atoms with Crippen LogP contribution in [0.3, 0.4) is 0 Å². The third-order valence-electron chi connectivity index (χ3n) is 3.65. The normalized spacial score (nSPS) is 16.1. The van der Waals surface area contributed by atoms with Crippen LogP contribution in [-0.4, -0.2) is 0 Å². The van der Waals surface area contributed by atoms with Crippen molar-refractivity contribution in [1.82, 2.24) is 0 Å². The second-order valence-corrected chi connectivity index (χ2v) is 6.80. The quantitative estimate of drug-likeness (QED) is 0.675. The summed E-state index contributed by atoms with van der Waals surface area (Å²) in [5, 5.41) is 0.000983. The summed E-state index contributed by atoms with van der Waals surface area (Å²) in [7, 11) is 0. The van der Waals surface area contributed by atoms with E-state index < -0.39 is 0 Å². The number of hydrogen-bond donors (Lipinski definition) is 0. The van der Waals surface area contributed by atoms with Gasteiger partial charge < -0.3 is 0 Å². The molecule has 19 heavy (non-hydrogen) atoms. The van der Waals surface area contributed by atoms with E-state index >= 15 is 0 Å². The molecule has 1 heterocycles. The zero-order valence-electron chi connectivity index (χ0n) is 10.7. The molecule has 0 aliphatic heterocycles. The molecule has 1 aliphatic rings. The van der Waals surface area contributed by atoms with Gasteiger partial charge in [-0.25, -0.2) is 4.39 Å². The summed E-state index contributed by atoms with van der Waals surface area (Å²) in [5.41, 5.74) is 2.59. The minimum atomic E-state index is -0.193. The first-order valence-electron chi connectivity index (χ1n) is 6.72. The van der Waals surface area contributed by atoms with Gasteiger partial charge in [0.2, 0.25) is 0 Å². The standard InChI is InChI=1S/C16H16ClFS/c17-14(9-11-5-7-13(18)8-6-11)16-10-12-3-1-2-4-15(12)19-16/h5-8,10,14H,1-4,9H2. The molecule has 0 N–H and O–H groups in total. The lowest BCUT2D eigenvalue weighted by Crippen LogP contribution is -1.96. The molecule has 100 valence electrons. The van der Waals surface area contributed by atoms with E-state index in [0.29, 0.717) is 0 Å². The van der Waals surface area contributed by atoms with Crippen LogP contribution in [0.25, 0.3) is 0 Å². The second-order valence-electron chi connectivity index (χ2n) is 5.10. The Morgan fingerprint density at radius 2 is 1.89 bits per heavy atom. The fourth-order valence-corrected chi connectivity index (χ4v) is 4.21. The molecule has 0 spiro atoms. The van der Waals surface area contributed by atoms with Crippen molar-refractivity contribution in [2.45, 2.75) is 37.5 Å². The summed E-state index contributed by atoms with van der Waals surface area (Å²) >= 11 is 8.38. The summed E-state index contributed by atoms with van der Waals surface area (Å²) in [6.07, 6.45) is 5.78. The van der Waals surface area contributed by atoms with Gasteiger partial charge in [0.1, 0.15) is 5.82 Å². The first-order chi connectivity index (χ1) is 9.22. The first-order valence-corrected chi connectivity index (χ1v) is 7.97. The highest BCUT2D eigenvalue weighted by Gasteiger charge is 2.18. The lowest BCUT2D eigenvalue weighted by atomic mass is 9.99. The average Bonchev–Trinajstić information content (AvgIpc) is 2.85. The van der Waals surface area contributed by atoms with Crippen molar-refractivity contribution in [3.05, 3.63) is 57.0 Å². The zero-order chi connectivity index (χ0) is 13.2. The van der Waals surface area contributed by atoms with Crippen LogP contribution >= 0.6 is 22.9 Å². The number of rotatable bonds is 3. The van der Waals surface area contributed by atoms with Gasteiger partial charge in [-0.3, -0.25) is 0 Å². The molecule has 0 radical (unpaired) electrons. The summed E-state index contributed by atoms with van der Waals surface area (Å²) in [5.74, 6) is -0.193. The molecule has 1 aromatic heterocycles. The van der Waals surface area contributed by atoms with Crippen molar-refractivity contribution in [2.75, 3.05) is 0 Å². The third-order valence-corrected chi connectivity index (χ3v) is 5.52. The van der Waals surface area contributed by atoms with Gasteiger partial charge in [-0.05, 0) is 61.4 Å². The molecule has 0 amide bonds. The monoisotopic (exact) mass is 294 g/mol. The van der Waals surface area contributed by atoms with Gasteiger partial charge in [-0.1, -0.05) is 12.1 Å². The maximum atomic E-state index is 12.9. The van der Waals surface area contributed by atoms with Gasteiger partial charge in [0.15, 0.2) is 0 Å². The lowest BCUT2D eigenvalue weighted by Gasteiger charge is -2.08. The molecule has 0 nitrogen and oxygen atoms in total. The summed E-state index contributed by atoms with van der Waals surface area (Å²) in [6.45, 7) is 0. The number of halogens is 2. The largest absolute Gasteiger partial charge is 0.207 e. The molecule has 1 atom stereocenters. The molecule has 0 saturated heterocycles. The van der Waals surface area contributed by atoms with Crippen LogP contribution in [0.15, 0.2) is 30.3 Å². The van der Waals surface area contributed by atoms with E-state index in [0.717, 1.165) is 12.0 Å². The van der Waals surface area contributed by atoms with Crippen LogP contribution < -0.4 is 0 Å². The SMILES string of the molecule is Fc1ccc(CC(Cl)c2cc3c(s2)CCCC3)cc1. The predicted molar refractivity (Wildman–Crippen MR) is 79.7 cm³/mol. The van der Waals surface area contributed by atoms with Crippen LogP contribution in [0, 0.1) is 5.82 Å². The first kappa shape index (κ1) is 13.1. The van der Waals surface area contributed by atoms with Gasteiger partial charge in [0, 0.05) is 9.75 Å². The number of fused-ring (bicyclic) bond motifs is 1. The maximum absolute atomic E-state index is 12.9. The third kappa shape index (κ3) is 3.01. The van der Waals surface area contributed by atoms with E-state index in [1.54, 1.807) is 0 Å². The van der Waals surface area contributed by atoms with Crippen molar-refractivity contribution in [3.63, 3.8) is 0 Å². The molecule has 2 aromatic rings. The molecule has 1 aliphatic carbocycles. The Hall–Kier alpha value is -0.860. The van der Waals surface area contributed by atoms with Crippen LogP contribution in [0.5, 0.6) is 0 Å². The maximum Gasteiger partial charge on any atom is 0.123 e. The average molecular weight is 295 g/mol. The van der Waals surface area contributed by atoms with Crippen molar-refractivity contribution in [3.8, 4) is 0 Å². The predicted octanol–water partition coefficient (Wildman–Crippen LogP) is 5.29. The highest BCUT2D eigenvalue weighted by atomic mass is 35.5. The number of hydrogen-bond acceptors (Lipinski definition) is 1. The van der Waals surface area contributed by atoms with Gasteiger partial charge in [-0.2, -0.15) is 0 Å². The Bertz CT molecular complexity index is 535. The minimum absolute atomic E-state index is 0.000983. The highest BCUT2D eigenvalue weighted by Crippen LogP contribution is 2.36.